The van der Waals surface area contributed by atoms with Gasteiger partial charge in [-0.2, -0.15) is 0 Å². The van der Waals surface area contributed by atoms with Crippen LogP contribution in [0.5, 0.6) is 0 Å². The van der Waals surface area contributed by atoms with E-state index >= 15 is 0 Å². The molecule has 0 aliphatic rings. The summed E-state index contributed by atoms with van der Waals surface area (Å²) >= 11 is 4.80. The lowest BCUT2D eigenvalue weighted by Gasteiger charge is -2.13. The molecule has 0 aliphatic heterocycles. The maximum absolute atomic E-state index is 12.4. The summed E-state index contributed by atoms with van der Waals surface area (Å²) in [5.74, 6) is -0.0294. The van der Waals surface area contributed by atoms with Crippen molar-refractivity contribution in [2.45, 2.75) is 23.8 Å². The van der Waals surface area contributed by atoms with Crippen LogP contribution in [-0.2, 0) is 4.79 Å². The SMILES string of the molecule is CCC(Sc1nc2ncc(Br)cc2[nH]1)C(=O)Nc1ccccc1. The average molecular weight is 391 g/mol. The molecule has 2 heterocycles. The van der Waals surface area contributed by atoms with Crippen molar-refractivity contribution >= 4 is 50.5 Å². The van der Waals surface area contributed by atoms with Gasteiger partial charge in [0.05, 0.1) is 10.8 Å². The third-order valence-corrected chi connectivity index (χ3v) is 4.92. The summed E-state index contributed by atoms with van der Waals surface area (Å²) in [5, 5.41) is 3.40. The molecule has 0 aliphatic carbocycles. The largest absolute Gasteiger partial charge is 0.331 e. The Morgan fingerprint density at radius 3 is 2.91 bits per heavy atom. The summed E-state index contributed by atoms with van der Waals surface area (Å²) in [4.78, 5) is 24.3. The average Bonchev–Trinajstić information content (AvgIpc) is 2.95. The van der Waals surface area contributed by atoms with Gasteiger partial charge in [-0.3, -0.25) is 4.79 Å². The molecular weight excluding hydrogens is 376 g/mol. The minimum absolute atomic E-state index is 0.0294. The van der Waals surface area contributed by atoms with Gasteiger partial charge < -0.3 is 10.3 Å². The first-order valence-electron chi connectivity index (χ1n) is 7.19. The van der Waals surface area contributed by atoms with E-state index in [1.807, 2.05) is 43.3 Å². The van der Waals surface area contributed by atoms with Crippen LogP contribution in [0.15, 0.2) is 52.2 Å². The number of halogens is 1. The summed E-state index contributed by atoms with van der Waals surface area (Å²) < 4.78 is 0.888. The van der Waals surface area contributed by atoms with Crippen LogP contribution >= 0.6 is 27.7 Å². The first-order chi connectivity index (χ1) is 11.2. The Hall–Kier alpha value is -1.86. The van der Waals surface area contributed by atoms with Crippen LogP contribution < -0.4 is 5.32 Å². The third-order valence-electron chi connectivity index (χ3n) is 3.24. The molecule has 3 rings (SSSR count). The zero-order valence-electron chi connectivity index (χ0n) is 12.4. The Bertz CT molecular complexity index is 821. The van der Waals surface area contributed by atoms with E-state index in [1.165, 1.54) is 11.8 Å². The maximum atomic E-state index is 12.4. The number of hydrogen-bond donors (Lipinski definition) is 2. The van der Waals surface area contributed by atoms with Gasteiger partial charge in [-0.25, -0.2) is 9.97 Å². The number of carbonyl (C=O) groups excluding carboxylic acids is 1. The van der Waals surface area contributed by atoms with Crippen LogP contribution in [0.1, 0.15) is 13.3 Å². The number of nitrogens with zero attached hydrogens (tertiary/aromatic N) is 2. The van der Waals surface area contributed by atoms with Crippen molar-refractivity contribution in [2.24, 2.45) is 0 Å². The van der Waals surface area contributed by atoms with Gasteiger partial charge in [0.25, 0.3) is 0 Å². The second-order valence-electron chi connectivity index (χ2n) is 4.94. The van der Waals surface area contributed by atoms with Gasteiger partial charge in [-0.15, -0.1) is 0 Å². The number of anilines is 1. The number of thioether (sulfide) groups is 1. The van der Waals surface area contributed by atoms with Gasteiger partial charge in [0, 0.05) is 16.4 Å². The zero-order valence-corrected chi connectivity index (χ0v) is 14.8. The van der Waals surface area contributed by atoms with Gasteiger partial charge in [0.2, 0.25) is 5.91 Å². The van der Waals surface area contributed by atoms with E-state index in [-0.39, 0.29) is 11.2 Å². The summed E-state index contributed by atoms with van der Waals surface area (Å²) in [5.41, 5.74) is 2.29. The summed E-state index contributed by atoms with van der Waals surface area (Å²) in [6.07, 6.45) is 2.41. The highest BCUT2D eigenvalue weighted by molar-refractivity contribution is 9.10. The fraction of sp³-hybridized carbons (Fsp3) is 0.188. The number of H-pyrrole nitrogens is 1. The first-order valence-corrected chi connectivity index (χ1v) is 8.87. The molecular formula is C16H15BrN4OS. The van der Waals surface area contributed by atoms with E-state index in [9.17, 15) is 4.79 Å². The quantitative estimate of drug-likeness (QED) is 0.639. The van der Waals surface area contributed by atoms with Crippen LogP contribution in [-0.4, -0.2) is 26.1 Å². The number of aromatic amines is 1. The molecule has 5 nitrogen and oxygen atoms in total. The molecule has 23 heavy (non-hydrogen) atoms. The van der Waals surface area contributed by atoms with Crippen molar-refractivity contribution in [1.29, 1.82) is 0 Å². The Morgan fingerprint density at radius 1 is 1.39 bits per heavy atom. The Morgan fingerprint density at radius 2 is 2.17 bits per heavy atom. The van der Waals surface area contributed by atoms with E-state index in [2.05, 4.69) is 36.2 Å². The van der Waals surface area contributed by atoms with Crippen LogP contribution in [0.3, 0.4) is 0 Å². The second-order valence-corrected chi connectivity index (χ2v) is 7.04. The highest BCUT2D eigenvalue weighted by Gasteiger charge is 2.20. The number of amides is 1. The monoisotopic (exact) mass is 390 g/mol. The zero-order chi connectivity index (χ0) is 16.2. The van der Waals surface area contributed by atoms with Crippen molar-refractivity contribution in [3.8, 4) is 0 Å². The number of aromatic nitrogens is 3. The maximum Gasteiger partial charge on any atom is 0.237 e. The lowest BCUT2D eigenvalue weighted by atomic mass is 10.3. The van der Waals surface area contributed by atoms with Crippen molar-refractivity contribution in [2.75, 3.05) is 5.32 Å². The number of imidazole rings is 1. The molecule has 0 saturated heterocycles. The number of nitrogens with one attached hydrogen (secondary N) is 2. The fourth-order valence-corrected chi connectivity index (χ4v) is 3.35. The molecule has 0 fully saturated rings. The van der Waals surface area contributed by atoms with Gasteiger partial charge in [0.15, 0.2) is 10.8 Å². The lowest BCUT2D eigenvalue weighted by Crippen LogP contribution is -2.24. The van der Waals surface area contributed by atoms with Gasteiger partial charge in [0.1, 0.15) is 0 Å². The van der Waals surface area contributed by atoms with Crippen LogP contribution in [0.4, 0.5) is 5.69 Å². The number of rotatable bonds is 5. The Labute approximate surface area is 146 Å². The normalized spacial score (nSPS) is 12.3. The number of hydrogen-bond acceptors (Lipinski definition) is 4. The summed E-state index contributed by atoms with van der Waals surface area (Å²) in [6.45, 7) is 1.99. The predicted molar refractivity (Wildman–Crippen MR) is 96.6 cm³/mol. The Balaban J connectivity index is 1.73. The van der Waals surface area contributed by atoms with Crippen molar-refractivity contribution < 1.29 is 4.79 Å². The van der Waals surface area contributed by atoms with Crippen molar-refractivity contribution in [3.63, 3.8) is 0 Å². The summed E-state index contributed by atoms with van der Waals surface area (Å²) in [6, 6.07) is 11.4. The molecule has 1 unspecified atom stereocenters. The molecule has 0 saturated carbocycles. The minimum atomic E-state index is -0.223. The molecule has 3 aromatic rings. The van der Waals surface area contributed by atoms with Crippen molar-refractivity contribution in [3.05, 3.63) is 47.1 Å². The fourth-order valence-electron chi connectivity index (χ4n) is 2.11. The smallest absolute Gasteiger partial charge is 0.237 e. The van der Waals surface area contributed by atoms with E-state index in [0.717, 1.165) is 15.7 Å². The molecule has 7 heteroatoms. The molecule has 0 bridgehead atoms. The van der Waals surface area contributed by atoms with Gasteiger partial charge >= 0.3 is 0 Å². The number of para-hydroxylation sites is 1. The summed E-state index contributed by atoms with van der Waals surface area (Å²) in [7, 11) is 0. The molecule has 1 aromatic carbocycles. The standard InChI is InChI=1S/C16H15BrN4OS/c1-2-13(15(22)19-11-6-4-3-5-7-11)23-16-20-12-8-10(17)9-18-14(12)21-16/h3-9,13H,2H2,1H3,(H,19,22)(H,18,20,21). The van der Waals surface area contributed by atoms with E-state index < -0.39 is 0 Å². The molecule has 2 N–H and O–H groups in total. The Kier molecular flexibility index (Phi) is 4.97. The van der Waals surface area contributed by atoms with Crippen LogP contribution in [0.25, 0.3) is 11.2 Å². The molecule has 1 atom stereocenters. The topological polar surface area (TPSA) is 70.7 Å². The minimum Gasteiger partial charge on any atom is -0.331 e. The number of fused-ring (bicyclic) bond motifs is 1. The molecule has 1 amide bonds. The molecule has 0 radical (unpaired) electrons. The van der Waals surface area contributed by atoms with Crippen molar-refractivity contribution in [1.82, 2.24) is 15.0 Å². The number of carbonyl (C=O) groups is 1. The van der Waals surface area contributed by atoms with E-state index in [0.29, 0.717) is 17.2 Å². The van der Waals surface area contributed by atoms with E-state index in [1.54, 1.807) is 6.20 Å². The molecule has 2 aromatic heterocycles. The first kappa shape index (κ1) is 16.0. The van der Waals surface area contributed by atoms with Crippen LogP contribution in [0, 0.1) is 0 Å². The number of benzene rings is 1. The molecule has 0 spiro atoms. The highest BCUT2D eigenvalue weighted by Crippen LogP contribution is 2.26. The second kappa shape index (κ2) is 7.14. The van der Waals surface area contributed by atoms with Gasteiger partial charge in [-0.1, -0.05) is 36.9 Å². The molecule has 118 valence electrons. The predicted octanol–water partition coefficient (Wildman–Crippen LogP) is 4.23. The van der Waals surface area contributed by atoms with E-state index in [4.69, 9.17) is 0 Å². The van der Waals surface area contributed by atoms with Crippen LogP contribution in [0.2, 0.25) is 0 Å². The third kappa shape index (κ3) is 3.92. The van der Waals surface area contributed by atoms with Gasteiger partial charge in [-0.05, 0) is 40.5 Å². The number of pyridine rings is 1. The highest BCUT2D eigenvalue weighted by atomic mass is 79.9. The lowest BCUT2D eigenvalue weighted by molar-refractivity contribution is -0.115.